The molecular weight excluding hydrogens is 692 g/mol. The highest BCUT2D eigenvalue weighted by Crippen LogP contribution is 2.22. The molecule has 1 unspecified atom stereocenters. The summed E-state index contributed by atoms with van der Waals surface area (Å²) in [6.45, 7) is 6.20. The maximum atomic E-state index is 13.1. The standard InChI is InChI=1S/C27H40N8O4S.2BrH/c1-3-15-34-24-22(26(38)35(16-4-2)27(34)40)32-23(33-24)18-8-10-19(11-9-18)39-17-21(36)30-13-14-31-25(37)20(29)7-5-6-12-28;;/h8-11,20H,3-7,12-17,28-29H2,1-2H3,(H,30,36)(H,31,37)(H,32,33);2*1H. The van der Waals surface area contributed by atoms with Crippen LogP contribution in [0, 0.1) is 4.77 Å². The summed E-state index contributed by atoms with van der Waals surface area (Å²) in [7, 11) is 0. The molecule has 1 aromatic carbocycles. The lowest BCUT2D eigenvalue weighted by Gasteiger charge is -2.12. The second kappa shape index (κ2) is 18.8. The summed E-state index contributed by atoms with van der Waals surface area (Å²) < 4.78 is 9.58. The number of unbranched alkanes of at least 4 members (excludes halogenated alkanes) is 1. The summed E-state index contributed by atoms with van der Waals surface area (Å²) in [5.74, 6) is 0.492. The van der Waals surface area contributed by atoms with Gasteiger partial charge in [0.25, 0.3) is 11.5 Å². The van der Waals surface area contributed by atoms with Crippen LogP contribution in [-0.2, 0) is 22.7 Å². The number of nitrogens with two attached hydrogens (primary N) is 2. The molecule has 0 spiro atoms. The third-order valence-electron chi connectivity index (χ3n) is 6.31. The van der Waals surface area contributed by atoms with E-state index in [-0.39, 0.29) is 71.0 Å². The number of aromatic nitrogens is 4. The number of nitrogens with one attached hydrogen (secondary N) is 3. The van der Waals surface area contributed by atoms with Crippen molar-refractivity contribution in [2.45, 2.75) is 65.1 Å². The maximum Gasteiger partial charge on any atom is 0.280 e. The Morgan fingerprint density at radius 2 is 1.69 bits per heavy atom. The molecule has 0 fully saturated rings. The highest BCUT2D eigenvalue weighted by Gasteiger charge is 2.16. The number of ether oxygens (including phenoxy) is 1. The number of aryl methyl sites for hydroxylation is 1. The van der Waals surface area contributed by atoms with Crippen LogP contribution in [0.5, 0.6) is 5.75 Å². The molecule has 2 aromatic heterocycles. The van der Waals surface area contributed by atoms with Crippen molar-refractivity contribution < 1.29 is 14.3 Å². The average molecular weight is 735 g/mol. The van der Waals surface area contributed by atoms with E-state index in [1.165, 1.54) is 0 Å². The molecule has 0 saturated carbocycles. The number of aromatic amines is 1. The first-order chi connectivity index (χ1) is 19.3. The van der Waals surface area contributed by atoms with E-state index >= 15 is 0 Å². The van der Waals surface area contributed by atoms with Crippen molar-refractivity contribution in [3.63, 3.8) is 0 Å². The molecule has 15 heteroatoms. The lowest BCUT2D eigenvalue weighted by Crippen LogP contribution is -2.44. The predicted octanol–water partition coefficient (Wildman–Crippen LogP) is 2.97. The Kier molecular flexibility index (Phi) is 16.8. The number of amides is 2. The van der Waals surface area contributed by atoms with Gasteiger partial charge in [-0.05, 0) is 68.7 Å². The summed E-state index contributed by atoms with van der Waals surface area (Å²) >= 11 is 5.60. The lowest BCUT2D eigenvalue weighted by atomic mass is 10.1. The molecule has 7 N–H and O–H groups in total. The summed E-state index contributed by atoms with van der Waals surface area (Å²) in [4.78, 5) is 45.0. The van der Waals surface area contributed by atoms with Crippen LogP contribution >= 0.6 is 46.2 Å². The second-order valence-corrected chi connectivity index (χ2v) is 9.89. The molecule has 1 atom stereocenters. The van der Waals surface area contributed by atoms with Gasteiger partial charge in [0.1, 0.15) is 17.1 Å². The van der Waals surface area contributed by atoms with Crippen molar-refractivity contribution in [1.29, 1.82) is 0 Å². The topological polar surface area (TPSA) is 175 Å². The van der Waals surface area contributed by atoms with Crippen LogP contribution in [0.4, 0.5) is 0 Å². The van der Waals surface area contributed by atoms with E-state index in [1.807, 2.05) is 11.5 Å². The van der Waals surface area contributed by atoms with Crippen LogP contribution in [-0.4, -0.2) is 63.2 Å². The Bertz CT molecular complexity index is 1410. The first-order valence-electron chi connectivity index (χ1n) is 13.8. The Balaban J connectivity index is 0.00000441. The quantitative estimate of drug-likeness (QED) is 0.110. The van der Waals surface area contributed by atoms with Crippen molar-refractivity contribution in [3.8, 4) is 17.1 Å². The van der Waals surface area contributed by atoms with Gasteiger partial charge in [0.2, 0.25) is 5.91 Å². The molecule has 2 amide bonds. The van der Waals surface area contributed by atoms with Gasteiger partial charge in [0.15, 0.2) is 17.0 Å². The molecule has 42 heavy (non-hydrogen) atoms. The van der Waals surface area contributed by atoms with E-state index in [4.69, 9.17) is 33.4 Å². The third kappa shape index (κ3) is 10.0. The number of rotatable bonds is 16. The van der Waals surface area contributed by atoms with Crippen molar-refractivity contribution in [1.82, 2.24) is 29.7 Å². The molecular formula is C27H42Br2N8O4S. The molecule has 2 heterocycles. The van der Waals surface area contributed by atoms with Crippen LogP contribution in [0.15, 0.2) is 29.1 Å². The number of carbonyl (C=O) groups is 2. The van der Waals surface area contributed by atoms with Gasteiger partial charge in [0, 0.05) is 31.7 Å². The van der Waals surface area contributed by atoms with E-state index in [0.717, 1.165) is 31.2 Å². The summed E-state index contributed by atoms with van der Waals surface area (Å²) in [6, 6.07) is 6.50. The smallest absolute Gasteiger partial charge is 0.280 e. The van der Waals surface area contributed by atoms with E-state index in [1.54, 1.807) is 28.8 Å². The maximum absolute atomic E-state index is 13.1. The Hall–Kier alpha value is -2.59. The SMILES string of the molecule is Br.Br.CCCn1c(=O)c2[nH]c(-c3ccc(OCC(=O)NCCNC(=O)C(N)CCCCN)cc3)nc2n(CCC)c1=S. The minimum Gasteiger partial charge on any atom is -0.484 e. The fourth-order valence-electron chi connectivity index (χ4n) is 4.22. The first-order valence-corrected chi connectivity index (χ1v) is 14.2. The number of hydrogen-bond donors (Lipinski definition) is 5. The van der Waals surface area contributed by atoms with Gasteiger partial charge in [0.05, 0.1) is 6.04 Å². The number of imidazole rings is 1. The number of halogens is 2. The largest absolute Gasteiger partial charge is 0.484 e. The zero-order valence-corrected chi connectivity index (χ0v) is 28.3. The number of carbonyl (C=O) groups excluding carboxylic acids is 2. The highest BCUT2D eigenvalue weighted by atomic mass is 79.9. The van der Waals surface area contributed by atoms with Crippen LogP contribution in [0.2, 0.25) is 0 Å². The molecule has 0 saturated heterocycles. The number of benzene rings is 1. The normalized spacial score (nSPS) is 11.3. The van der Waals surface area contributed by atoms with Crippen LogP contribution in [0.3, 0.4) is 0 Å². The number of H-pyrrole nitrogens is 1. The van der Waals surface area contributed by atoms with E-state index in [2.05, 4.69) is 22.5 Å². The van der Waals surface area contributed by atoms with Crippen molar-refractivity contribution in [2.24, 2.45) is 11.5 Å². The molecule has 3 aromatic rings. The fraction of sp³-hybridized carbons (Fsp3) is 0.519. The molecule has 234 valence electrons. The average Bonchev–Trinajstić information content (AvgIpc) is 3.40. The fourth-order valence-corrected chi connectivity index (χ4v) is 4.57. The second-order valence-electron chi connectivity index (χ2n) is 9.52. The summed E-state index contributed by atoms with van der Waals surface area (Å²) in [5.41, 5.74) is 12.8. The van der Waals surface area contributed by atoms with Gasteiger partial charge in [-0.1, -0.05) is 20.3 Å². The monoisotopic (exact) mass is 732 g/mol. The van der Waals surface area contributed by atoms with Crippen molar-refractivity contribution >= 4 is 69.2 Å². The minimum atomic E-state index is -0.579. The van der Waals surface area contributed by atoms with E-state index < -0.39 is 6.04 Å². The zero-order valence-electron chi connectivity index (χ0n) is 24.0. The minimum absolute atomic E-state index is 0. The lowest BCUT2D eigenvalue weighted by molar-refractivity contribution is -0.124. The molecule has 3 rings (SSSR count). The highest BCUT2D eigenvalue weighted by molar-refractivity contribution is 8.93. The Morgan fingerprint density at radius 1 is 1.05 bits per heavy atom. The number of fused-ring (bicyclic) bond motifs is 1. The number of nitrogens with zero attached hydrogens (tertiary/aromatic N) is 3. The van der Waals surface area contributed by atoms with Gasteiger partial charge in [-0.2, -0.15) is 0 Å². The molecule has 0 bridgehead atoms. The molecule has 0 aliphatic carbocycles. The molecule has 12 nitrogen and oxygen atoms in total. The van der Waals surface area contributed by atoms with Gasteiger partial charge < -0.3 is 36.4 Å². The van der Waals surface area contributed by atoms with Crippen LogP contribution in [0.25, 0.3) is 22.6 Å². The first kappa shape index (κ1) is 37.4. The third-order valence-corrected chi connectivity index (χ3v) is 6.75. The van der Waals surface area contributed by atoms with Crippen molar-refractivity contribution in [2.75, 3.05) is 26.2 Å². The van der Waals surface area contributed by atoms with E-state index in [9.17, 15) is 14.4 Å². The van der Waals surface area contributed by atoms with Crippen molar-refractivity contribution in [3.05, 3.63) is 39.4 Å². The van der Waals surface area contributed by atoms with E-state index in [0.29, 0.717) is 53.6 Å². The summed E-state index contributed by atoms with van der Waals surface area (Å²) in [6.07, 6.45) is 3.85. The predicted molar refractivity (Wildman–Crippen MR) is 178 cm³/mol. The molecule has 0 aliphatic heterocycles. The van der Waals surface area contributed by atoms with Gasteiger partial charge >= 0.3 is 0 Å². The Labute approximate surface area is 271 Å². The molecule has 0 radical (unpaired) electrons. The van der Waals surface area contributed by atoms with Crippen LogP contribution < -0.4 is 32.4 Å². The Morgan fingerprint density at radius 3 is 2.33 bits per heavy atom. The van der Waals surface area contributed by atoms with Gasteiger partial charge in [-0.15, -0.1) is 34.0 Å². The van der Waals surface area contributed by atoms with Gasteiger partial charge in [-0.3, -0.25) is 19.0 Å². The van der Waals surface area contributed by atoms with Gasteiger partial charge in [-0.25, -0.2) is 4.98 Å². The summed E-state index contributed by atoms with van der Waals surface area (Å²) in [5, 5.41) is 5.41. The zero-order chi connectivity index (χ0) is 29.1. The number of hydrogen-bond acceptors (Lipinski definition) is 8. The molecule has 0 aliphatic rings. The van der Waals surface area contributed by atoms with Crippen LogP contribution in [0.1, 0.15) is 46.0 Å².